The minimum absolute atomic E-state index is 0.130. The SMILES string of the molecule is CCC(C)(C(=O)Nc1cccc(Oc2ccc3nc(NC(C)=O)sc3c2C#N)c1)c1cccc(Br)c1. The molecule has 0 saturated carbocycles. The molecule has 0 spiro atoms. The van der Waals surface area contributed by atoms with Gasteiger partial charge in [-0.1, -0.05) is 52.4 Å². The molecule has 1 unspecified atom stereocenters. The van der Waals surface area contributed by atoms with E-state index in [-0.39, 0.29) is 11.8 Å². The zero-order valence-corrected chi connectivity index (χ0v) is 22.3. The molecule has 0 radical (unpaired) electrons. The van der Waals surface area contributed by atoms with Crippen LogP contribution in [0.1, 0.15) is 38.3 Å². The van der Waals surface area contributed by atoms with Crippen molar-refractivity contribution < 1.29 is 14.3 Å². The van der Waals surface area contributed by atoms with Crippen molar-refractivity contribution in [3.05, 3.63) is 76.3 Å². The van der Waals surface area contributed by atoms with E-state index in [4.69, 9.17) is 4.74 Å². The number of hydrogen-bond acceptors (Lipinski definition) is 6. The predicted molar refractivity (Wildman–Crippen MR) is 146 cm³/mol. The van der Waals surface area contributed by atoms with E-state index in [2.05, 4.69) is 37.6 Å². The highest BCUT2D eigenvalue weighted by atomic mass is 79.9. The van der Waals surface area contributed by atoms with Crippen molar-refractivity contribution in [1.29, 1.82) is 5.26 Å². The largest absolute Gasteiger partial charge is 0.456 e. The van der Waals surface area contributed by atoms with Gasteiger partial charge in [0.2, 0.25) is 11.8 Å². The topological polar surface area (TPSA) is 104 Å². The van der Waals surface area contributed by atoms with E-state index in [1.807, 2.05) is 38.1 Å². The maximum Gasteiger partial charge on any atom is 0.234 e. The zero-order chi connectivity index (χ0) is 25.9. The van der Waals surface area contributed by atoms with Gasteiger partial charge in [0, 0.05) is 23.2 Å². The van der Waals surface area contributed by atoms with Crippen LogP contribution in [0.5, 0.6) is 11.5 Å². The van der Waals surface area contributed by atoms with Crippen LogP contribution in [0.25, 0.3) is 10.2 Å². The monoisotopic (exact) mass is 562 g/mol. The van der Waals surface area contributed by atoms with Crippen LogP contribution in [0, 0.1) is 11.3 Å². The number of anilines is 2. The molecule has 2 amide bonds. The van der Waals surface area contributed by atoms with Gasteiger partial charge in [-0.25, -0.2) is 4.98 Å². The first-order valence-electron chi connectivity index (χ1n) is 11.2. The molecular formula is C27H23BrN4O3S. The summed E-state index contributed by atoms with van der Waals surface area (Å²) in [4.78, 5) is 29.0. The number of thiazole rings is 1. The van der Waals surface area contributed by atoms with Crippen LogP contribution in [0.2, 0.25) is 0 Å². The predicted octanol–water partition coefficient (Wildman–Crippen LogP) is 6.99. The highest BCUT2D eigenvalue weighted by Gasteiger charge is 2.33. The Bertz CT molecular complexity index is 1510. The van der Waals surface area contributed by atoms with Gasteiger partial charge in [0.25, 0.3) is 0 Å². The van der Waals surface area contributed by atoms with Crippen molar-refractivity contribution in [2.45, 2.75) is 32.6 Å². The molecule has 4 rings (SSSR count). The molecule has 1 aromatic heterocycles. The van der Waals surface area contributed by atoms with Crippen molar-refractivity contribution in [3.8, 4) is 17.6 Å². The number of benzene rings is 3. The molecule has 1 heterocycles. The lowest BCUT2D eigenvalue weighted by atomic mass is 9.79. The molecule has 7 nitrogen and oxygen atoms in total. The summed E-state index contributed by atoms with van der Waals surface area (Å²) in [6.45, 7) is 5.30. The highest BCUT2D eigenvalue weighted by Crippen LogP contribution is 2.37. The van der Waals surface area contributed by atoms with Crippen molar-refractivity contribution in [2.24, 2.45) is 0 Å². The molecule has 1 atom stereocenters. The second-order valence-corrected chi connectivity index (χ2v) is 10.3. The highest BCUT2D eigenvalue weighted by molar-refractivity contribution is 9.10. The third kappa shape index (κ3) is 5.25. The zero-order valence-electron chi connectivity index (χ0n) is 19.9. The van der Waals surface area contributed by atoms with Crippen molar-refractivity contribution in [1.82, 2.24) is 4.98 Å². The number of ether oxygens (including phenoxy) is 1. The lowest BCUT2D eigenvalue weighted by molar-refractivity contribution is -0.121. The lowest BCUT2D eigenvalue weighted by Crippen LogP contribution is -2.37. The number of carbonyl (C=O) groups is 2. The van der Waals surface area contributed by atoms with Gasteiger partial charge in [-0.3, -0.25) is 9.59 Å². The van der Waals surface area contributed by atoms with Gasteiger partial charge in [0.05, 0.1) is 15.6 Å². The standard InChI is InChI=1S/C27H23BrN4O3S/c1-4-27(3,17-7-5-8-18(28)13-17)25(34)31-19-9-6-10-20(14-19)35-23-12-11-22-24(21(23)15-29)36-26(32-22)30-16(2)33/h5-14H,4H2,1-3H3,(H,31,34)(H,30,32,33). The summed E-state index contributed by atoms with van der Waals surface area (Å²) < 4.78 is 7.58. The van der Waals surface area contributed by atoms with Gasteiger partial charge >= 0.3 is 0 Å². The Morgan fingerprint density at radius 1 is 1.14 bits per heavy atom. The summed E-state index contributed by atoms with van der Waals surface area (Å²) in [6, 6.07) is 20.4. The minimum atomic E-state index is -0.725. The second-order valence-electron chi connectivity index (χ2n) is 8.38. The maximum atomic E-state index is 13.3. The first kappa shape index (κ1) is 25.4. The van der Waals surface area contributed by atoms with E-state index in [0.717, 1.165) is 10.0 Å². The van der Waals surface area contributed by atoms with Gasteiger partial charge in [-0.15, -0.1) is 0 Å². The van der Waals surface area contributed by atoms with Crippen molar-refractivity contribution in [3.63, 3.8) is 0 Å². The van der Waals surface area contributed by atoms with Crippen LogP contribution in [-0.2, 0) is 15.0 Å². The molecule has 182 valence electrons. The number of rotatable bonds is 7. The quantitative estimate of drug-likeness (QED) is 0.252. The number of halogens is 1. The second kappa shape index (κ2) is 10.5. The van der Waals surface area contributed by atoms with E-state index in [1.165, 1.54) is 18.3 Å². The molecule has 36 heavy (non-hydrogen) atoms. The fraction of sp³-hybridized carbons (Fsp3) is 0.185. The van der Waals surface area contributed by atoms with Gasteiger partial charge in [0.15, 0.2) is 5.13 Å². The number of nitriles is 1. The molecule has 9 heteroatoms. The average Bonchev–Trinajstić information content (AvgIpc) is 3.25. The van der Waals surface area contributed by atoms with Crippen molar-refractivity contribution in [2.75, 3.05) is 10.6 Å². The summed E-state index contributed by atoms with van der Waals surface area (Å²) in [7, 11) is 0. The number of nitrogens with zero attached hydrogens (tertiary/aromatic N) is 2. The first-order chi connectivity index (χ1) is 17.2. The molecule has 4 aromatic rings. The van der Waals surface area contributed by atoms with E-state index < -0.39 is 5.41 Å². The van der Waals surface area contributed by atoms with Gasteiger partial charge in [0.1, 0.15) is 23.1 Å². The Morgan fingerprint density at radius 3 is 2.61 bits per heavy atom. The third-order valence-electron chi connectivity index (χ3n) is 5.90. The van der Waals surface area contributed by atoms with Gasteiger partial charge < -0.3 is 15.4 Å². The van der Waals surface area contributed by atoms with E-state index in [0.29, 0.717) is 44.5 Å². The molecule has 0 aliphatic rings. The van der Waals surface area contributed by atoms with Crippen LogP contribution >= 0.6 is 27.3 Å². The minimum Gasteiger partial charge on any atom is -0.456 e. The normalized spacial score (nSPS) is 12.4. The molecule has 0 fully saturated rings. The fourth-order valence-electron chi connectivity index (χ4n) is 3.73. The molecule has 3 aromatic carbocycles. The first-order valence-corrected chi connectivity index (χ1v) is 12.8. The maximum absolute atomic E-state index is 13.3. The average molecular weight is 563 g/mol. The molecular weight excluding hydrogens is 540 g/mol. The van der Waals surface area contributed by atoms with Crippen LogP contribution in [0.15, 0.2) is 65.1 Å². The van der Waals surface area contributed by atoms with Gasteiger partial charge in [-0.05, 0) is 55.3 Å². The number of carbonyl (C=O) groups excluding carboxylic acids is 2. The Labute approximate surface area is 221 Å². The lowest BCUT2D eigenvalue weighted by Gasteiger charge is -2.28. The Morgan fingerprint density at radius 2 is 1.92 bits per heavy atom. The van der Waals surface area contributed by atoms with Crippen LogP contribution in [0.3, 0.4) is 0 Å². The summed E-state index contributed by atoms with van der Waals surface area (Å²) in [6.07, 6.45) is 0.617. The van der Waals surface area contributed by atoms with Crippen LogP contribution in [0.4, 0.5) is 10.8 Å². The molecule has 0 bridgehead atoms. The Kier molecular flexibility index (Phi) is 7.38. The van der Waals surface area contributed by atoms with E-state index in [1.54, 1.807) is 36.4 Å². The number of amides is 2. The van der Waals surface area contributed by atoms with Crippen molar-refractivity contribution >= 4 is 60.1 Å². The Hall–Kier alpha value is -3.74. The Balaban J connectivity index is 1.59. The van der Waals surface area contributed by atoms with Crippen LogP contribution in [-0.4, -0.2) is 16.8 Å². The summed E-state index contributed by atoms with van der Waals surface area (Å²) in [5.41, 5.74) is 1.69. The number of aromatic nitrogens is 1. The number of hydrogen-bond donors (Lipinski definition) is 2. The third-order valence-corrected chi connectivity index (χ3v) is 7.40. The molecule has 2 N–H and O–H groups in total. The van der Waals surface area contributed by atoms with E-state index in [9.17, 15) is 14.9 Å². The summed E-state index contributed by atoms with van der Waals surface area (Å²) in [5.74, 6) is 0.464. The molecule has 0 aliphatic carbocycles. The number of nitrogens with one attached hydrogen (secondary N) is 2. The van der Waals surface area contributed by atoms with Crippen LogP contribution < -0.4 is 15.4 Å². The smallest absolute Gasteiger partial charge is 0.234 e. The molecule has 0 saturated heterocycles. The van der Waals surface area contributed by atoms with Gasteiger partial charge in [-0.2, -0.15) is 5.26 Å². The summed E-state index contributed by atoms with van der Waals surface area (Å²) >= 11 is 4.70. The molecule has 0 aliphatic heterocycles. The van der Waals surface area contributed by atoms with E-state index >= 15 is 0 Å². The number of fused-ring (bicyclic) bond motifs is 1. The fourth-order valence-corrected chi connectivity index (χ4v) is 5.13. The summed E-state index contributed by atoms with van der Waals surface area (Å²) in [5, 5.41) is 15.9.